The Kier molecular flexibility index (Phi) is 3.98. The van der Waals surface area contributed by atoms with Gasteiger partial charge in [-0.3, -0.25) is 0 Å². The minimum absolute atomic E-state index is 0.405. The summed E-state index contributed by atoms with van der Waals surface area (Å²) >= 11 is 0. The lowest BCUT2D eigenvalue weighted by molar-refractivity contribution is 0.315. The maximum absolute atomic E-state index is 9.27. The first-order valence-electron chi connectivity index (χ1n) is 7.41. The Bertz CT molecular complexity index is 662. The lowest BCUT2D eigenvalue weighted by Gasteiger charge is -2.15. The second-order valence-corrected chi connectivity index (χ2v) is 5.54. The Morgan fingerprint density at radius 2 is 2.05 bits per heavy atom. The van der Waals surface area contributed by atoms with Crippen LogP contribution < -0.4 is 0 Å². The molecule has 3 rings (SSSR count). The highest BCUT2D eigenvalue weighted by atomic mass is 15.4. The summed E-state index contributed by atoms with van der Waals surface area (Å²) in [4.78, 5) is 2.44. The molecular formula is C16H19N5. The summed E-state index contributed by atoms with van der Waals surface area (Å²) < 4.78 is 1.87. The molecule has 108 valence electrons. The van der Waals surface area contributed by atoms with Crippen molar-refractivity contribution in [3.63, 3.8) is 0 Å². The number of rotatable bonds is 4. The van der Waals surface area contributed by atoms with E-state index >= 15 is 0 Å². The number of likely N-dealkylation sites (tertiary alicyclic amines) is 1. The predicted octanol–water partition coefficient (Wildman–Crippen LogP) is 2.22. The lowest BCUT2D eigenvalue weighted by Crippen LogP contribution is -2.24. The van der Waals surface area contributed by atoms with Crippen molar-refractivity contribution in [2.75, 3.05) is 19.6 Å². The first-order valence-corrected chi connectivity index (χ1v) is 7.41. The smallest absolute Gasteiger partial charge is 0.190 e. The average Bonchev–Trinajstić information content (AvgIpc) is 3.14. The van der Waals surface area contributed by atoms with Crippen molar-refractivity contribution in [1.29, 1.82) is 5.26 Å². The van der Waals surface area contributed by atoms with Gasteiger partial charge in [-0.2, -0.15) is 5.26 Å². The van der Waals surface area contributed by atoms with Gasteiger partial charge in [0.2, 0.25) is 0 Å². The minimum atomic E-state index is 0.405. The number of aryl methyl sites for hydroxylation is 1. The van der Waals surface area contributed by atoms with Crippen LogP contribution in [-0.2, 0) is 6.54 Å². The highest BCUT2D eigenvalue weighted by Gasteiger charge is 2.17. The molecule has 0 saturated carbocycles. The first kappa shape index (κ1) is 13.8. The zero-order valence-corrected chi connectivity index (χ0v) is 12.3. The first-order chi connectivity index (χ1) is 10.3. The van der Waals surface area contributed by atoms with Crippen LogP contribution in [0.25, 0.3) is 11.3 Å². The Morgan fingerprint density at radius 3 is 2.76 bits per heavy atom. The number of nitrogens with zero attached hydrogens (tertiary/aromatic N) is 5. The van der Waals surface area contributed by atoms with Gasteiger partial charge in [-0.1, -0.05) is 29.0 Å². The van der Waals surface area contributed by atoms with Gasteiger partial charge in [0.05, 0.1) is 6.54 Å². The van der Waals surface area contributed by atoms with Gasteiger partial charge >= 0.3 is 0 Å². The maximum Gasteiger partial charge on any atom is 0.190 e. The molecule has 0 atom stereocenters. The van der Waals surface area contributed by atoms with E-state index in [1.807, 2.05) is 29.8 Å². The summed E-state index contributed by atoms with van der Waals surface area (Å²) in [5.74, 6) is 0. The van der Waals surface area contributed by atoms with Crippen molar-refractivity contribution >= 4 is 0 Å². The Labute approximate surface area is 124 Å². The fourth-order valence-electron chi connectivity index (χ4n) is 2.87. The maximum atomic E-state index is 9.27. The van der Waals surface area contributed by atoms with Gasteiger partial charge < -0.3 is 4.90 Å². The third kappa shape index (κ3) is 2.96. The summed E-state index contributed by atoms with van der Waals surface area (Å²) in [5, 5.41) is 17.5. The van der Waals surface area contributed by atoms with Crippen LogP contribution in [0.4, 0.5) is 0 Å². The van der Waals surface area contributed by atoms with Crippen molar-refractivity contribution in [3.05, 3.63) is 35.5 Å². The highest BCUT2D eigenvalue weighted by Crippen LogP contribution is 2.23. The van der Waals surface area contributed by atoms with Crippen LogP contribution in [0.15, 0.2) is 24.3 Å². The van der Waals surface area contributed by atoms with Gasteiger partial charge in [0.15, 0.2) is 5.69 Å². The second kappa shape index (κ2) is 6.06. The molecule has 1 aliphatic rings. The highest BCUT2D eigenvalue weighted by molar-refractivity contribution is 5.65. The number of nitriles is 1. The number of aromatic nitrogens is 3. The molecule has 2 aromatic rings. The molecule has 0 N–H and O–H groups in total. The van der Waals surface area contributed by atoms with Crippen molar-refractivity contribution in [2.45, 2.75) is 26.3 Å². The molecule has 5 nitrogen and oxygen atoms in total. The molecule has 0 aliphatic carbocycles. The average molecular weight is 281 g/mol. The molecule has 1 saturated heterocycles. The molecule has 0 bridgehead atoms. The van der Waals surface area contributed by atoms with Crippen molar-refractivity contribution in [1.82, 2.24) is 19.9 Å². The molecule has 21 heavy (non-hydrogen) atoms. The van der Waals surface area contributed by atoms with E-state index in [9.17, 15) is 5.26 Å². The van der Waals surface area contributed by atoms with E-state index in [4.69, 9.17) is 0 Å². The summed E-state index contributed by atoms with van der Waals surface area (Å²) in [5.41, 5.74) is 3.42. The quantitative estimate of drug-likeness (QED) is 0.862. The topological polar surface area (TPSA) is 57.7 Å². The van der Waals surface area contributed by atoms with Gasteiger partial charge in [0.25, 0.3) is 0 Å². The summed E-state index contributed by atoms with van der Waals surface area (Å²) in [6.45, 7) is 6.12. The molecular weight excluding hydrogens is 262 g/mol. The molecule has 2 heterocycles. The molecule has 1 aromatic carbocycles. The van der Waals surface area contributed by atoms with Gasteiger partial charge in [-0.15, -0.1) is 5.10 Å². The summed E-state index contributed by atoms with van der Waals surface area (Å²) in [6, 6.07) is 10.3. The number of hydrogen-bond acceptors (Lipinski definition) is 4. The van der Waals surface area contributed by atoms with Gasteiger partial charge in [0, 0.05) is 12.1 Å². The molecule has 1 aliphatic heterocycles. The Hall–Kier alpha value is -2.19. The Morgan fingerprint density at radius 1 is 1.24 bits per heavy atom. The number of benzene rings is 1. The van der Waals surface area contributed by atoms with E-state index in [0.29, 0.717) is 5.69 Å². The second-order valence-electron chi connectivity index (χ2n) is 5.54. The third-order valence-electron chi connectivity index (χ3n) is 3.96. The van der Waals surface area contributed by atoms with Crippen LogP contribution >= 0.6 is 0 Å². The SMILES string of the molecule is Cc1cccc(-c2c(C#N)nnn2CCN2CCCC2)c1. The van der Waals surface area contributed by atoms with Crippen LogP contribution in [0.1, 0.15) is 24.1 Å². The standard InChI is InChI=1S/C16H19N5/c1-13-5-4-6-14(11-13)16-15(12-17)18-19-21(16)10-9-20-7-2-3-8-20/h4-6,11H,2-3,7-10H2,1H3. The zero-order valence-electron chi connectivity index (χ0n) is 12.3. The normalized spacial score (nSPS) is 15.2. The third-order valence-corrected chi connectivity index (χ3v) is 3.96. The van der Waals surface area contributed by atoms with Crippen LogP contribution in [0.2, 0.25) is 0 Å². The summed E-state index contributed by atoms with van der Waals surface area (Å²) in [7, 11) is 0. The van der Waals surface area contributed by atoms with Crippen LogP contribution in [0.3, 0.4) is 0 Å². The van der Waals surface area contributed by atoms with E-state index in [-0.39, 0.29) is 0 Å². The largest absolute Gasteiger partial charge is 0.301 e. The van der Waals surface area contributed by atoms with Crippen molar-refractivity contribution in [2.24, 2.45) is 0 Å². The Balaban J connectivity index is 1.87. The molecule has 1 aromatic heterocycles. The molecule has 0 spiro atoms. The van der Waals surface area contributed by atoms with E-state index < -0.39 is 0 Å². The van der Waals surface area contributed by atoms with Crippen LogP contribution in [0, 0.1) is 18.3 Å². The fourth-order valence-corrected chi connectivity index (χ4v) is 2.87. The lowest BCUT2D eigenvalue weighted by atomic mass is 10.1. The predicted molar refractivity (Wildman–Crippen MR) is 80.6 cm³/mol. The van der Waals surface area contributed by atoms with E-state index in [2.05, 4.69) is 27.3 Å². The molecule has 1 fully saturated rings. The van der Waals surface area contributed by atoms with Crippen LogP contribution in [-0.4, -0.2) is 39.5 Å². The van der Waals surface area contributed by atoms with Crippen LogP contribution in [0.5, 0.6) is 0 Å². The summed E-state index contributed by atoms with van der Waals surface area (Å²) in [6.07, 6.45) is 2.57. The zero-order chi connectivity index (χ0) is 14.7. The van der Waals surface area contributed by atoms with Gasteiger partial charge in [-0.05, 0) is 38.9 Å². The fraction of sp³-hybridized carbons (Fsp3) is 0.438. The van der Waals surface area contributed by atoms with Gasteiger partial charge in [-0.25, -0.2) is 4.68 Å². The van der Waals surface area contributed by atoms with Crippen molar-refractivity contribution in [3.8, 4) is 17.3 Å². The molecule has 0 amide bonds. The van der Waals surface area contributed by atoms with E-state index in [1.54, 1.807) is 0 Å². The monoisotopic (exact) mass is 281 g/mol. The van der Waals surface area contributed by atoms with E-state index in [0.717, 1.165) is 24.3 Å². The van der Waals surface area contributed by atoms with Crippen molar-refractivity contribution < 1.29 is 0 Å². The minimum Gasteiger partial charge on any atom is -0.301 e. The molecule has 0 radical (unpaired) electrons. The molecule has 5 heteroatoms. The molecule has 0 unspecified atom stereocenters. The van der Waals surface area contributed by atoms with E-state index in [1.165, 1.54) is 31.5 Å². The number of hydrogen-bond donors (Lipinski definition) is 0. The van der Waals surface area contributed by atoms with Gasteiger partial charge in [0.1, 0.15) is 11.8 Å².